The van der Waals surface area contributed by atoms with Gasteiger partial charge in [0.15, 0.2) is 0 Å². The first-order chi connectivity index (χ1) is 11.7. The van der Waals surface area contributed by atoms with Crippen molar-refractivity contribution in [1.29, 1.82) is 0 Å². The van der Waals surface area contributed by atoms with E-state index in [0.717, 1.165) is 33.9 Å². The Morgan fingerprint density at radius 1 is 0.917 bits per heavy atom. The summed E-state index contributed by atoms with van der Waals surface area (Å²) in [4.78, 5) is 4.83. The van der Waals surface area contributed by atoms with E-state index in [1.165, 1.54) is 12.1 Å². The summed E-state index contributed by atoms with van der Waals surface area (Å²) in [6.45, 7) is 0. The maximum absolute atomic E-state index is 13.2. The molecule has 1 aliphatic rings. The van der Waals surface area contributed by atoms with Crippen molar-refractivity contribution in [3.8, 4) is 0 Å². The second-order valence-electron chi connectivity index (χ2n) is 5.69. The quantitative estimate of drug-likeness (QED) is 0.619. The Morgan fingerprint density at radius 3 is 2.54 bits per heavy atom. The number of aliphatic imine (C=N–C) groups is 1. The smallest absolute Gasteiger partial charge is 0.123 e. The van der Waals surface area contributed by atoms with Crippen LogP contribution >= 0.6 is 11.6 Å². The van der Waals surface area contributed by atoms with Crippen molar-refractivity contribution < 1.29 is 4.39 Å². The highest BCUT2D eigenvalue weighted by atomic mass is 35.5. The highest BCUT2D eigenvalue weighted by Gasteiger charge is 2.16. The summed E-state index contributed by atoms with van der Waals surface area (Å²) in [5.74, 6) is -0.235. The molecule has 0 saturated carbocycles. The summed E-state index contributed by atoms with van der Waals surface area (Å²) in [5.41, 5.74) is 5.69. The maximum Gasteiger partial charge on any atom is 0.123 e. The average Bonchev–Trinajstić information content (AvgIpc) is 2.73. The van der Waals surface area contributed by atoms with Crippen LogP contribution in [-0.4, -0.2) is 5.71 Å². The molecule has 0 unspecified atom stereocenters. The van der Waals surface area contributed by atoms with Crippen molar-refractivity contribution in [2.75, 3.05) is 5.32 Å². The zero-order chi connectivity index (χ0) is 16.5. The normalized spacial score (nSPS) is 12.5. The summed E-state index contributed by atoms with van der Waals surface area (Å²) >= 11 is 6.13. The number of rotatable bonds is 2. The van der Waals surface area contributed by atoms with Crippen LogP contribution in [0.15, 0.2) is 71.7 Å². The predicted molar refractivity (Wildman–Crippen MR) is 97.5 cm³/mol. The minimum Gasteiger partial charge on any atom is -0.353 e. The van der Waals surface area contributed by atoms with E-state index in [1.807, 2.05) is 42.5 Å². The number of benzene rings is 3. The fourth-order valence-corrected chi connectivity index (χ4v) is 2.99. The zero-order valence-electron chi connectivity index (χ0n) is 12.8. The lowest BCUT2D eigenvalue weighted by atomic mass is 10.0. The molecule has 4 heteroatoms. The fraction of sp³-hybridized carbons (Fsp3) is 0.0500. The first kappa shape index (κ1) is 14.9. The standard InChI is InChI=1S/C20H14ClFN2/c21-14-7-10-18-20(12-14)24-19(11-13-5-8-15(22)9-6-13)16-3-1-2-4-17(16)23-18/h1-10,12,23H,11H2. The number of anilines is 2. The number of para-hydroxylation sites is 1. The van der Waals surface area contributed by atoms with Gasteiger partial charge in [-0.3, -0.25) is 4.99 Å². The van der Waals surface area contributed by atoms with Gasteiger partial charge in [-0.1, -0.05) is 41.9 Å². The Morgan fingerprint density at radius 2 is 1.71 bits per heavy atom. The number of nitrogens with zero attached hydrogens (tertiary/aromatic N) is 1. The first-order valence-electron chi connectivity index (χ1n) is 7.67. The molecule has 118 valence electrons. The van der Waals surface area contributed by atoms with Crippen LogP contribution in [0.4, 0.5) is 21.5 Å². The SMILES string of the molecule is Fc1ccc(CC2=Nc3cc(Cl)ccc3Nc3ccccc32)cc1. The summed E-state index contributed by atoms with van der Waals surface area (Å²) in [6, 6.07) is 20.2. The third-order valence-corrected chi connectivity index (χ3v) is 4.24. The molecular formula is C20H14ClFN2. The van der Waals surface area contributed by atoms with E-state index in [2.05, 4.69) is 5.32 Å². The van der Waals surface area contributed by atoms with Crippen molar-refractivity contribution in [3.63, 3.8) is 0 Å². The molecule has 2 nitrogen and oxygen atoms in total. The topological polar surface area (TPSA) is 24.4 Å². The third kappa shape index (κ3) is 2.91. The molecule has 3 aromatic rings. The molecule has 0 aliphatic carbocycles. The van der Waals surface area contributed by atoms with E-state index >= 15 is 0 Å². The molecule has 3 aromatic carbocycles. The molecule has 1 heterocycles. The summed E-state index contributed by atoms with van der Waals surface area (Å²) in [6.07, 6.45) is 0.616. The molecule has 24 heavy (non-hydrogen) atoms. The summed E-state index contributed by atoms with van der Waals surface area (Å²) < 4.78 is 13.2. The van der Waals surface area contributed by atoms with Gasteiger partial charge in [0.2, 0.25) is 0 Å². The Hall–Kier alpha value is -2.65. The third-order valence-electron chi connectivity index (χ3n) is 4.01. The monoisotopic (exact) mass is 336 g/mol. The van der Waals surface area contributed by atoms with Gasteiger partial charge in [-0.15, -0.1) is 0 Å². The lowest BCUT2D eigenvalue weighted by molar-refractivity contribution is 0.627. The van der Waals surface area contributed by atoms with Crippen LogP contribution in [-0.2, 0) is 6.42 Å². The van der Waals surface area contributed by atoms with Gasteiger partial charge >= 0.3 is 0 Å². The largest absolute Gasteiger partial charge is 0.353 e. The van der Waals surface area contributed by atoms with Crippen molar-refractivity contribution in [3.05, 3.63) is 88.7 Å². The molecule has 0 aromatic heterocycles. The Bertz CT molecular complexity index is 933. The van der Waals surface area contributed by atoms with E-state index < -0.39 is 0 Å². The molecule has 0 radical (unpaired) electrons. The van der Waals surface area contributed by atoms with Crippen molar-refractivity contribution in [2.24, 2.45) is 4.99 Å². The highest BCUT2D eigenvalue weighted by Crippen LogP contribution is 2.36. The summed E-state index contributed by atoms with van der Waals surface area (Å²) in [7, 11) is 0. The maximum atomic E-state index is 13.2. The minimum atomic E-state index is -0.235. The van der Waals surface area contributed by atoms with E-state index in [-0.39, 0.29) is 5.82 Å². The van der Waals surface area contributed by atoms with E-state index in [9.17, 15) is 4.39 Å². The molecule has 0 fully saturated rings. The molecular weight excluding hydrogens is 323 g/mol. The van der Waals surface area contributed by atoms with Crippen LogP contribution in [0.2, 0.25) is 5.02 Å². The number of halogens is 2. The fourth-order valence-electron chi connectivity index (χ4n) is 2.83. The molecule has 0 atom stereocenters. The van der Waals surface area contributed by atoms with Gasteiger partial charge in [-0.05, 0) is 42.0 Å². The molecule has 4 rings (SSSR count). The van der Waals surface area contributed by atoms with Crippen molar-refractivity contribution in [2.45, 2.75) is 6.42 Å². The van der Waals surface area contributed by atoms with Crippen LogP contribution < -0.4 is 5.32 Å². The molecule has 0 spiro atoms. The lowest BCUT2D eigenvalue weighted by Gasteiger charge is -2.10. The molecule has 1 aliphatic heterocycles. The van der Waals surface area contributed by atoms with Gasteiger partial charge < -0.3 is 5.32 Å². The van der Waals surface area contributed by atoms with Gasteiger partial charge in [0.25, 0.3) is 0 Å². The average molecular weight is 337 g/mol. The van der Waals surface area contributed by atoms with Crippen LogP contribution in [0, 0.1) is 5.82 Å². The molecule has 0 amide bonds. The van der Waals surface area contributed by atoms with Crippen molar-refractivity contribution in [1.82, 2.24) is 0 Å². The Balaban J connectivity index is 1.83. The van der Waals surface area contributed by atoms with Crippen LogP contribution in [0.5, 0.6) is 0 Å². The number of hydrogen-bond acceptors (Lipinski definition) is 2. The molecule has 1 N–H and O–H groups in total. The molecule has 0 bridgehead atoms. The Labute approximate surface area is 144 Å². The van der Waals surface area contributed by atoms with E-state index in [0.29, 0.717) is 11.4 Å². The second-order valence-corrected chi connectivity index (χ2v) is 6.13. The predicted octanol–water partition coefficient (Wildman–Crippen LogP) is 5.90. The first-order valence-corrected chi connectivity index (χ1v) is 8.05. The number of nitrogens with one attached hydrogen (secondary N) is 1. The van der Waals surface area contributed by atoms with E-state index in [4.69, 9.17) is 16.6 Å². The molecule has 0 saturated heterocycles. The lowest BCUT2D eigenvalue weighted by Crippen LogP contribution is -2.06. The summed E-state index contributed by atoms with van der Waals surface area (Å²) in [5, 5.41) is 4.07. The highest BCUT2D eigenvalue weighted by molar-refractivity contribution is 6.31. The van der Waals surface area contributed by atoms with Crippen LogP contribution in [0.3, 0.4) is 0 Å². The van der Waals surface area contributed by atoms with Gasteiger partial charge in [0.1, 0.15) is 5.82 Å². The van der Waals surface area contributed by atoms with Gasteiger partial charge in [-0.2, -0.15) is 0 Å². The van der Waals surface area contributed by atoms with Gasteiger partial charge in [0.05, 0.1) is 17.1 Å². The minimum absolute atomic E-state index is 0.235. The van der Waals surface area contributed by atoms with Crippen LogP contribution in [0.25, 0.3) is 0 Å². The Kier molecular flexibility index (Phi) is 3.79. The number of fused-ring (bicyclic) bond motifs is 2. The number of hydrogen-bond donors (Lipinski definition) is 1. The van der Waals surface area contributed by atoms with Crippen molar-refractivity contribution >= 4 is 34.4 Å². The van der Waals surface area contributed by atoms with Gasteiger partial charge in [0, 0.05) is 22.7 Å². The van der Waals surface area contributed by atoms with Gasteiger partial charge in [-0.25, -0.2) is 4.39 Å². The van der Waals surface area contributed by atoms with Crippen LogP contribution in [0.1, 0.15) is 11.1 Å². The van der Waals surface area contributed by atoms with E-state index in [1.54, 1.807) is 12.1 Å². The zero-order valence-corrected chi connectivity index (χ0v) is 13.5. The second kappa shape index (κ2) is 6.10.